The number of amides is 1. The molecule has 4 rings (SSSR count). The number of carbonyl (C=O) groups excluding carboxylic acids is 1. The lowest BCUT2D eigenvalue weighted by Crippen LogP contribution is -2.64. The Hall–Kier alpha value is -2.25. The number of carbonyl (C=O) groups is 1. The molecule has 7 heteroatoms. The Morgan fingerprint density at radius 2 is 2.30 bits per heavy atom. The van der Waals surface area contributed by atoms with E-state index in [9.17, 15) is 4.79 Å². The van der Waals surface area contributed by atoms with Gasteiger partial charge >= 0.3 is 0 Å². The van der Waals surface area contributed by atoms with Gasteiger partial charge < -0.3 is 10.1 Å². The molecule has 27 heavy (non-hydrogen) atoms. The van der Waals surface area contributed by atoms with Crippen LogP contribution in [0.2, 0.25) is 0 Å². The maximum absolute atomic E-state index is 12.2. The van der Waals surface area contributed by atoms with Crippen LogP contribution in [0, 0.1) is 12.8 Å². The van der Waals surface area contributed by atoms with Gasteiger partial charge in [-0.15, -0.1) is 0 Å². The van der Waals surface area contributed by atoms with Crippen LogP contribution in [0.4, 0.5) is 0 Å². The number of hydrogen-bond acceptors (Lipinski definition) is 5. The molecule has 1 amide bonds. The Morgan fingerprint density at radius 1 is 1.44 bits per heavy atom. The third kappa shape index (κ3) is 3.75. The van der Waals surface area contributed by atoms with Crippen molar-refractivity contribution in [1.82, 2.24) is 25.0 Å². The van der Waals surface area contributed by atoms with Crippen LogP contribution in [-0.2, 0) is 18.3 Å². The van der Waals surface area contributed by atoms with Gasteiger partial charge in [-0.05, 0) is 43.9 Å². The standard InChI is InChI=1S/C20H27N5O2/c1-15-10-18(24(2)23-15)12-25-13-20(14-25)17(6-9-27-20)5-8-22-19(26)16-4-3-7-21-11-16/h3-4,7,10-11,17H,5-6,8-9,12-14H2,1-2H3,(H,22,26). The van der Waals surface area contributed by atoms with Crippen molar-refractivity contribution in [2.75, 3.05) is 26.2 Å². The average Bonchev–Trinajstić information content (AvgIpc) is 3.18. The minimum Gasteiger partial charge on any atom is -0.372 e. The molecule has 0 bridgehead atoms. The molecule has 2 aliphatic heterocycles. The lowest BCUT2D eigenvalue weighted by Gasteiger charge is -2.50. The van der Waals surface area contributed by atoms with Crippen LogP contribution >= 0.6 is 0 Å². The molecule has 2 aliphatic rings. The summed E-state index contributed by atoms with van der Waals surface area (Å²) in [6.45, 7) is 6.34. The van der Waals surface area contributed by atoms with Gasteiger partial charge in [0, 0.05) is 52.2 Å². The summed E-state index contributed by atoms with van der Waals surface area (Å²) in [4.78, 5) is 18.6. The summed E-state index contributed by atoms with van der Waals surface area (Å²) < 4.78 is 8.11. The monoisotopic (exact) mass is 369 g/mol. The molecular weight excluding hydrogens is 342 g/mol. The van der Waals surface area contributed by atoms with E-state index in [0.717, 1.165) is 44.8 Å². The number of nitrogens with zero attached hydrogens (tertiary/aromatic N) is 4. The summed E-state index contributed by atoms with van der Waals surface area (Å²) in [7, 11) is 2.00. The van der Waals surface area contributed by atoms with Gasteiger partial charge in [0.05, 0.1) is 22.6 Å². The number of nitrogens with one attached hydrogen (secondary N) is 1. The summed E-state index contributed by atoms with van der Waals surface area (Å²) >= 11 is 0. The van der Waals surface area contributed by atoms with Gasteiger partial charge in [0.2, 0.25) is 0 Å². The van der Waals surface area contributed by atoms with Crippen molar-refractivity contribution >= 4 is 5.91 Å². The number of aromatic nitrogens is 3. The van der Waals surface area contributed by atoms with Crippen LogP contribution in [-0.4, -0.2) is 57.4 Å². The highest BCUT2D eigenvalue weighted by molar-refractivity contribution is 5.93. The summed E-state index contributed by atoms with van der Waals surface area (Å²) in [5, 5.41) is 7.44. The van der Waals surface area contributed by atoms with Gasteiger partial charge in [0.1, 0.15) is 0 Å². The Bertz CT molecular complexity index is 798. The first-order valence-electron chi connectivity index (χ1n) is 9.60. The molecular formula is C20H27N5O2. The maximum Gasteiger partial charge on any atom is 0.252 e. The molecule has 1 spiro atoms. The first-order valence-corrected chi connectivity index (χ1v) is 9.60. The fourth-order valence-electron chi connectivity index (χ4n) is 4.37. The fourth-order valence-corrected chi connectivity index (χ4v) is 4.37. The summed E-state index contributed by atoms with van der Waals surface area (Å²) in [6.07, 6.45) is 5.29. The molecule has 144 valence electrons. The Balaban J connectivity index is 1.26. The molecule has 2 aromatic heterocycles. The molecule has 1 N–H and O–H groups in total. The predicted molar refractivity (Wildman–Crippen MR) is 101 cm³/mol. The quantitative estimate of drug-likeness (QED) is 0.836. The number of rotatable bonds is 6. The number of hydrogen-bond donors (Lipinski definition) is 1. The molecule has 0 saturated carbocycles. The van der Waals surface area contributed by atoms with Crippen molar-refractivity contribution in [2.45, 2.75) is 31.9 Å². The Kier molecular flexibility index (Phi) is 4.97. The van der Waals surface area contributed by atoms with Gasteiger partial charge in [-0.1, -0.05) is 0 Å². The van der Waals surface area contributed by atoms with Crippen molar-refractivity contribution in [2.24, 2.45) is 13.0 Å². The van der Waals surface area contributed by atoms with E-state index in [4.69, 9.17) is 4.74 Å². The largest absolute Gasteiger partial charge is 0.372 e. The number of likely N-dealkylation sites (tertiary alicyclic amines) is 1. The van der Waals surface area contributed by atoms with Crippen molar-refractivity contribution in [3.8, 4) is 0 Å². The van der Waals surface area contributed by atoms with E-state index in [-0.39, 0.29) is 11.5 Å². The molecule has 2 saturated heterocycles. The Labute approximate surface area is 159 Å². The maximum atomic E-state index is 12.2. The molecule has 2 aromatic rings. The fraction of sp³-hybridized carbons (Fsp3) is 0.550. The van der Waals surface area contributed by atoms with E-state index in [2.05, 4.69) is 26.4 Å². The van der Waals surface area contributed by atoms with Crippen LogP contribution in [0.3, 0.4) is 0 Å². The van der Waals surface area contributed by atoms with E-state index < -0.39 is 0 Å². The lowest BCUT2D eigenvalue weighted by atomic mass is 9.79. The highest BCUT2D eigenvalue weighted by Gasteiger charge is 2.52. The van der Waals surface area contributed by atoms with Crippen LogP contribution in [0.15, 0.2) is 30.6 Å². The third-order valence-corrected chi connectivity index (χ3v) is 5.77. The first kappa shape index (κ1) is 18.1. The second-order valence-electron chi connectivity index (χ2n) is 7.73. The van der Waals surface area contributed by atoms with Crippen molar-refractivity contribution in [3.05, 3.63) is 47.5 Å². The van der Waals surface area contributed by atoms with Gasteiger partial charge in [-0.2, -0.15) is 5.10 Å². The second kappa shape index (κ2) is 7.40. The van der Waals surface area contributed by atoms with Crippen LogP contribution in [0.1, 0.15) is 34.6 Å². The van der Waals surface area contributed by atoms with Gasteiger partial charge in [-0.25, -0.2) is 0 Å². The summed E-state index contributed by atoms with van der Waals surface area (Å²) in [6, 6.07) is 5.71. The number of aryl methyl sites for hydroxylation is 2. The first-order chi connectivity index (χ1) is 13.1. The van der Waals surface area contributed by atoms with E-state index in [1.54, 1.807) is 24.5 Å². The molecule has 0 aliphatic carbocycles. The second-order valence-corrected chi connectivity index (χ2v) is 7.73. The molecule has 7 nitrogen and oxygen atoms in total. The van der Waals surface area contributed by atoms with Gasteiger partial charge in [-0.3, -0.25) is 19.4 Å². The van der Waals surface area contributed by atoms with E-state index in [1.807, 2.05) is 18.7 Å². The highest BCUT2D eigenvalue weighted by Crippen LogP contribution is 2.42. The van der Waals surface area contributed by atoms with Crippen molar-refractivity contribution < 1.29 is 9.53 Å². The average molecular weight is 369 g/mol. The molecule has 2 fully saturated rings. The van der Waals surface area contributed by atoms with Crippen LogP contribution in [0.5, 0.6) is 0 Å². The predicted octanol–water partition coefficient (Wildman–Crippen LogP) is 1.53. The van der Waals surface area contributed by atoms with Gasteiger partial charge in [0.15, 0.2) is 0 Å². The SMILES string of the molecule is Cc1cc(CN2CC3(C2)OCCC3CCNC(=O)c2cccnc2)n(C)n1. The Morgan fingerprint density at radius 3 is 3.00 bits per heavy atom. The van der Waals surface area contributed by atoms with E-state index >= 15 is 0 Å². The van der Waals surface area contributed by atoms with Gasteiger partial charge in [0.25, 0.3) is 5.91 Å². The molecule has 0 aromatic carbocycles. The zero-order chi connectivity index (χ0) is 18.9. The van der Waals surface area contributed by atoms with Crippen molar-refractivity contribution in [1.29, 1.82) is 0 Å². The zero-order valence-corrected chi connectivity index (χ0v) is 16.0. The summed E-state index contributed by atoms with van der Waals surface area (Å²) in [5.74, 6) is 0.439. The lowest BCUT2D eigenvalue weighted by molar-refractivity contribution is -0.137. The molecule has 4 heterocycles. The number of ether oxygens (including phenoxy) is 1. The molecule has 0 radical (unpaired) electrons. The third-order valence-electron chi connectivity index (χ3n) is 5.77. The smallest absolute Gasteiger partial charge is 0.252 e. The van der Waals surface area contributed by atoms with Crippen LogP contribution < -0.4 is 5.32 Å². The van der Waals surface area contributed by atoms with E-state index in [0.29, 0.717) is 18.0 Å². The minimum absolute atomic E-state index is 0.0351. The highest BCUT2D eigenvalue weighted by atomic mass is 16.5. The molecule has 1 atom stereocenters. The van der Waals surface area contributed by atoms with E-state index in [1.165, 1.54) is 5.69 Å². The number of pyridine rings is 1. The molecule has 1 unspecified atom stereocenters. The van der Waals surface area contributed by atoms with Crippen molar-refractivity contribution in [3.63, 3.8) is 0 Å². The van der Waals surface area contributed by atoms with Crippen LogP contribution in [0.25, 0.3) is 0 Å². The zero-order valence-electron chi connectivity index (χ0n) is 16.0. The minimum atomic E-state index is -0.0575. The topological polar surface area (TPSA) is 72.3 Å². The normalized spacial score (nSPS) is 21.3. The summed E-state index contributed by atoms with van der Waals surface area (Å²) in [5.41, 5.74) is 2.87.